The van der Waals surface area contributed by atoms with Crippen LogP contribution in [0.3, 0.4) is 0 Å². The Morgan fingerprint density at radius 3 is 0.750 bits per heavy atom. The van der Waals surface area contributed by atoms with Gasteiger partial charge in [-0.05, 0) is 167 Å². The Balaban J connectivity index is 5.50. The Labute approximate surface area is 653 Å². The summed E-state index contributed by atoms with van der Waals surface area (Å²) in [5.74, 6) is -2.35. The SMILES string of the molecule is CC/C=C\C/C=C\C/C=C\C/C=C\C/C=C\C/C=C\CCC(=O)OCC(COP(=O)(O)OCC(O)COP(=O)(O)OCC(COC(=O)CCCCCC/C=C\C/C=C\C/C=C\C/C=C\CC)OC(=O)CCCCCCC/C=C\C/C=C\C/C=C\CC)OC(=O)CCCCCCCCC/C=C\C/C=C\C/C=C\CC. The molecule has 0 heterocycles. The topological polar surface area (TPSA) is 237 Å². The van der Waals surface area contributed by atoms with Crippen LogP contribution in [0.1, 0.15) is 285 Å². The number of hydrogen-bond acceptors (Lipinski definition) is 15. The van der Waals surface area contributed by atoms with E-state index in [1.165, 1.54) is 0 Å². The van der Waals surface area contributed by atoms with Crippen molar-refractivity contribution < 1.29 is 80.2 Å². The van der Waals surface area contributed by atoms with E-state index in [1.807, 2.05) is 18.2 Å². The van der Waals surface area contributed by atoms with Gasteiger partial charge in [0, 0.05) is 25.7 Å². The van der Waals surface area contributed by atoms with Gasteiger partial charge in [-0.3, -0.25) is 37.3 Å². The van der Waals surface area contributed by atoms with Crippen LogP contribution in [0.25, 0.3) is 0 Å². The molecule has 0 radical (unpaired) electrons. The number of rotatable bonds is 74. The third-order valence-corrected chi connectivity index (χ3v) is 18.0. The van der Waals surface area contributed by atoms with E-state index in [0.29, 0.717) is 32.1 Å². The van der Waals surface area contributed by atoms with Gasteiger partial charge < -0.3 is 33.8 Å². The van der Waals surface area contributed by atoms with E-state index in [-0.39, 0.29) is 25.7 Å². The van der Waals surface area contributed by atoms with E-state index in [9.17, 15) is 43.2 Å². The summed E-state index contributed by atoms with van der Waals surface area (Å²) in [4.78, 5) is 73.1. The smallest absolute Gasteiger partial charge is 0.462 e. The molecule has 0 aromatic rings. The highest BCUT2D eigenvalue weighted by Gasteiger charge is 2.30. The first-order valence-corrected chi connectivity index (χ1v) is 43.7. The lowest BCUT2D eigenvalue weighted by atomic mass is 10.1. The van der Waals surface area contributed by atoms with Gasteiger partial charge in [0.1, 0.15) is 19.3 Å². The lowest BCUT2D eigenvalue weighted by molar-refractivity contribution is -0.161. The molecule has 0 amide bonds. The molecule has 0 aliphatic rings. The van der Waals surface area contributed by atoms with Crippen molar-refractivity contribution in [1.82, 2.24) is 0 Å². The number of hydrogen-bond donors (Lipinski definition) is 3. The summed E-state index contributed by atoms with van der Waals surface area (Å²) in [5, 5.41) is 10.7. The van der Waals surface area contributed by atoms with Crippen LogP contribution in [0.4, 0.5) is 0 Å². The van der Waals surface area contributed by atoms with Crippen LogP contribution in [0.2, 0.25) is 0 Å². The van der Waals surface area contributed by atoms with Crippen LogP contribution in [0, 0.1) is 0 Å². The van der Waals surface area contributed by atoms with E-state index in [1.54, 1.807) is 0 Å². The highest BCUT2D eigenvalue weighted by atomic mass is 31.2. The number of esters is 4. The van der Waals surface area contributed by atoms with Gasteiger partial charge in [0.15, 0.2) is 12.2 Å². The number of carbonyl (C=O) groups is 4. The van der Waals surface area contributed by atoms with Crippen molar-refractivity contribution in [2.75, 3.05) is 39.6 Å². The predicted octanol–water partition coefficient (Wildman–Crippen LogP) is 24.1. The van der Waals surface area contributed by atoms with Crippen LogP contribution in [0.5, 0.6) is 0 Å². The van der Waals surface area contributed by atoms with Crippen molar-refractivity contribution in [1.29, 1.82) is 0 Å². The van der Waals surface area contributed by atoms with Gasteiger partial charge in [-0.25, -0.2) is 9.13 Å². The monoisotopic (exact) mass is 1540 g/mol. The fourth-order valence-corrected chi connectivity index (χ4v) is 11.6. The maximum Gasteiger partial charge on any atom is 0.472 e. The largest absolute Gasteiger partial charge is 0.472 e. The second kappa shape index (κ2) is 79.0. The molecule has 17 nitrogen and oxygen atoms in total. The van der Waals surface area contributed by atoms with Gasteiger partial charge >= 0.3 is 39.5 Å². The zero-order valence-corrected chi connectivity index (χ0v) is 68.5. The maximum atomic E-state index is 13.1. The molecule has 5 unspecified atom stereocenters. The minimum atomic E-state index is -5.01. The molecule has 0 saturated heterocycles. The average Bonchev–Trinajstić information content (AvgIpc) is 0.906. The Kier molecular flexibility index (Phi) is 74.5. The summed E-state index contributed by atoms with van der Waals surface area (Å²) >= 11 is 0. The zero-order chi connectivity index (χ0) is 78.9. The first-order valence-electron chi connectivity index (χ1n) is 40.7. The van der Waals surface area contributed by atoms with Gasteiger partial charge in [0.25, 0.3) is 0 Å². The molecular formula is C89H142O17P2. The van der Waals surface area contributed by atoms with E-state index < -0.39 is 97.5 Å². The maximum absolute atomic E-state index is 13.1. The highest BCUT2D eigenvalue weighted by molar-refractivity contribution is 7.47. The Bertz CT molecular complexity index is 2810. The van der Waals surface area contributed by atoms with E-state index >= 15 is 0 Å². The number of allylic oxidation sites excluding steroid dienone is 32. The molecule has 0 aliphatic heterocycles. The molecule has 0 aromatic heterocycles. The fraction of sp³-hybridized carbons (Fsp3) is 0.596. The van der Waals surface area contributed by atoms with E-state index in [4.69, 9.17) is 37.0 Å². The van der Waals surface area contributed by atoms with Gasteiger partial charge in [0.05, 0.1) is 26.4 Å². The molecule has 610 valence electrons. The van der Waals surface area contributed by atoms with Gasteiger partial charge in [-0.15, -0.1) is 0 Å². The van der Waals surface area contributed by atoms with Gasteiger partial charge in [-0.2, -0.15) is 0 Å². The second-order valence-electron chi connectivity index (χ2n) is 26.2. The van der Waals surface area contributed by atoms with Crippen molar-refractivity contribution in [3.63, 3.8) is 0 Å². The lowest BCUT2D eigenvalue weighted by Gasteiger charge is -2.21. The van der Waals surface area contributed by atoms with Crippen molar-refractivity contribution in [3.8, 4) is 0 Å². The van der Waals surface area contributed by atoms with Crippen molar-refractivity contribution in [3.05, 3.63) is 194 Å². The Morgan fingerprint density at radius 1 is 0.259 bits per heavy atom. The quantitative estimate of drug-likeness (QED) is 0.0169. The summed E-state index contributed by atoms with van der Waals surface area (Å²) in [6.07, 6.45) is 97.0. The van der Waals surface area contributed by atoms with Crippen LogP contribution in [0.15, 0.2) is 194 Å². The molecule has 3 N–H and O–H groups in total. The summed E-state index contributed by atoms with van der Waals surface area (Å²) in [7, 11) is -10.0. The Hall–Kier alpha value is -6.10. The molecule has 108 heavy (non-hydrogen) atoms. The number of phosphoric acid groups is 2. The highest BCUT2D eigenvalue weighted by Crippen LogP contribution is 2.45. The van der Waals surface area contributed by atoms with Crippen molar-refractivity contribution >= 4 is 39.5 Å². The number of phosphoric ester groups is 2. The molecule has 0 aromatic carbocycles. The van der Waals surface area contributed by atoms with Gasteiger partial charge in [0.2, 0.25) is 0 Å². The van der Waals surface area contributed by atoms with Gasteiger partial charge in [-0.1, -0.05) is 286 Å². The number of carbonyl (C=O) groups excluding carboxylic acids is 4. The normalized spacial score (nSPS) is 14.8. The standard InChI is InChI=1S/C89H142O17P2/c1-5-9-13-17-21-25-29-33-37-40-41-44-47-50-54-58-62-66-70-74-87(92)100-80-85(106-89(94)76-72-68-64-60-56-52-48-43-39-35-31-27-23-19-15-11-7-3)82-104-108(97,98)102-78-83(90)77-101-107(95,96)103-81-84(105-88(93)75-71-67-63-59-55-51-45-36-32-28-24-20-16-12-8-4)79-99-86(91)73-69-65-61-57-53-49-46-42-38-34-30-26-22-18-14-10-6-2/h9-16,21-28,33-39,41,44-46,49-50,54,62,66,83-85,90H,5-8,17-20,29-32,40,42-43,47-48,51-53,55-61,63-65,67-82H2,1-4H3,(H,95,96)(H,97,98)/b13-9-,14-10-,15-11-,16-12-,25-21-,26-22-,27-23-,28-24-,37-33-,38-34-,39-35-,44-41-,45-36-,49-46-,54-50-,66-62-. The molecule has 0 spiro atoms. The average molecular weight is 1550 g/mol. The number of ether oxygens (including phenoxy) is 4. The van der Waals surface area contributed by atoms with Crippen molar-refractivity contribution in [2.24, 2.45) is 0 Å². The first-order chi connectivity index (χ1) is 52.7. The summed E-state index contributed by atoms with van der Waals surface area (Å²) in [6, 6.07) is 0. The lowest BCUT2D eigenvalue weighted by Crippen LogP contribution is -2.30. The summed E-state index contributed by atoms with van der Waals surface area (Å²) in [5.41, 5.74) is 0. The number of aliphatic hydroxyl groups excluding tert-OH is 1. The molecule has 19 heteroatoms. The molecular weight excluding hydrogens is 1400 g/mol. The first kappa shape index (κ1) is 102. The third kappa shape index (κ3) is 78.0. The molecule has 0 aliphatic carbocycles. The fourth-order valence-electron chi connectivity index (χ4n) is 10.0. The minimum Gasteiger partial charge on any atom is -0.462 e. The van der Waals surface area contributed by atoms with Crippen LogP contribution < -0.4 is 0 Å². The minimum absolute atomic E-state index is 0.0259. The van der Waals surface area contributed by atoms with Crippen molar-refractivity contribution in [2.45, 2.75) is 303 Å². The summed E-state index contributed by atoms with van der Waals surface area (Å²) in [6.45, 7) is 4.26. The zero-order valence-electron chi connectivity index (χ0n) is 66.7. The second-order valence-corrected chi connectivity index (χ2v) is 29.1. The van der Waals surface area contributed by atoms with Crippen LogP contribution >= 0.6 is 15.6 Å². The van der Waals surface area contributed by atoms with Crippen LogP contribution in [-0.4, -0.2) is 96.7 Å². The number of aliphatic hydroxyl groups is 1. The van der Waals surface area contributed by atoms with E-state index in [2.05, 4.69) is 204 Å². The van der Waals surface area contributed by atoms with Crippen LogP contribution in [-0.2, 0) is 65.4 Å². The molecule has 0 fully saturated rings. The molecule has 0 bridgehead atoms. The Morgan fingerprint density at radius 2 is 0.472 bits per heavy atom. The molecule has 0 rings (SSSR count). The predicted molar refractivity (Wildman–Crippen MR) is 445 cm³/mol. The molecule has 0 saturated carbocycles. The summed E-state index contributed by atoms with van der Waals surface area (Å²) < 4.78 is 68.6. The third-order valence-electron chi connectivity index (χ3n) is 16.1. The molecule has 5 atom stereocenters. The van der Waals surface area contributed by atoms with E-state index in [0.717, 1.165) is 199 Å². The number of unbranched alkanes of at least 4 members (excludes halogenated alkanes) is 16.